The number of nitrogens with one attached hydrogen (secondary N) is 1. The topological polar surface area (TPSA) is 38.0 Å². The van der Waals surface area contributed by atoms with Gasteiger partial charge in [-0.25, -0.2) is 14.2 Å². The maximum atomic E-state index is 13.8. The van der Waals surface area contributed by atoms with Crippen molar-refractivity contribution in [1.29, 1.82) is 0 Å². The average molecular weight is 348 g/mol. The summed E-state index contributed by atoms with van der Waals surface area (Å²) in [7, 11) is 0. The standard InChI is InChI=1S/C13H10BrClF2N2/c14-8-3-7(4-9(15)5-8)13(19-18)11-6-10(16)1-2-12(11)17/h1-6,13,19H,18H2. The molecule has 6 heteroatoms. The Labute approximate surface area is 122 Å². The maximum absolute atomic E-state index is 13.8. The minimum Gasteiger partial charge on any atom is -0.271 e. The minimum atomic E-state index is -0.689. The van der Waals surface area contributed by atoms with Gasteiger partial charge < -0.3 is 0 Å². The highest BCUT2D eigenvalue weighted by molar-refractivity contribution is 9.10. The number of hydrogen-bond acceptors (Lipinski definition) is 2. The number of hydrazine groups is 1. The Morgan fingerprint density at radius 3 is 2.53 bits per heavy atom. The van der Waals surface area contributed by atoms with E-state index in [-0.39, 0.29) is 5.56 Å². The molecule has 2 rings (SSSR count). The fourth-order valence-electron chi connectivity index (χ4n) is 1.84. The number of halogens is 4. The van der Waals surface area contributed by atoms with Crippen molar-refractivity contribution in [3.63, 3.8) is 0 Å². The molecule has 0 heterocycles. The molecule has 0 radical (unpaired) electrons. The zero-order chi connectivity index (χ0) is 14.0. The highest BCUT2D eigenvalue weighted by atomic mass is 79.9. The van der Waals surface area contributed by atoms with Crippen LogP contribution in [0.25, 0.3) is 0 Å². The van der Waals surface area contributed by atoms with Crippen LogP contribution in [0, 0.1) is 11.6 Å². The zero-order valence-electron chi connectivity index (χ0n) is 9.63. The molecular weight excluding hydrogens is 338 g/mol. The molecule has 0 bridgehead atoms. The van der Waals surface area contributed by atoms with Crippen LogP contribution in [0.15, 0.2) is 40.9 Å². The van der Waals surface area contributed by atoms with Gasteiger partial charge in [0.15, 0.2) is 0 Å². The van der Waals surface area contributed by atoms with Crippen molar-refractivity contribution in [2.75, 3.05) is 0 Å². The largest absolute Gasteiger partial charge is 0.271 e. The van der Waals surface area contributed by atoms with Gasteiger partial charge >= 0.3 is 0 Å². The summed E-state index contributed by atoms with van der Waals surface area (Å²) in [5, 5.41) is 0.474. The Hall–Kier alpha value is -1.01. The third-order valence-corrected chi connectivity index (χ3v) is 3.33. The molecule has 1 atom stereocenters. The summed E-state index contributed by atoms with van der Waals surface area (Å²) in [6, 6.07) is 7.61. The Morgan fingerprint density at radius 1 is 1.16 bits per heavy atom. The third-order valence-electron chi connectivity index (χ3n) is 2.65. The Morgan fingerprint density at radius 2 is 1.89 bits per heavy atom. The molecule has 100 valence electrons. The van der Waals surface area contributed by atoms with Gasteiger partial charge in [-0.05, 0) is 42.0 Å². The molecule has 0 aliphatic carbocycles. The lowest BCUT2D eigenvalue weighted by molar-refractivity contribution is 0.545. The van der Waals surface area contributed by atoms with Crippen LogP contribution in [0.2, 0.25) is 5.02 Å². The smallest absolute Gasteiger partial charge is 0.128 e. The van der Waals surface area contributed by atoms with Crippen molar-refractivity contribution in [2.45, 2.75) is 6.04 Å². The van der Waals surface area contributed by atoms with Crippen molar-refractivity contribution < 1.29 is 8.78 Å². The summed E-state index contributed by atoms with van der Waals surface area (Å²) in [5.41, 5.74) is 3.22. The Balaban J connectivity index is 2.52. The number of hydrogen-bond donors (Lipinski definition) is 2. The van der Waals surface area contributed by atoms with Crippen molar-refractivity contribution in [2.24, 2.45) is 5.84 Å². The summed E-state index contributed by atoms with van der Waals surface area (Å²) in [6.45, 7) is 0. The summed E-state index contributed by atoms with van der Waals surface area (Å²) in [4.78, 5) is 0. The Kier molecular flexibility index (Phi) is 4.52. The van der Waals surface area contributed by atoms with Gasteiger partial charge in [0, 0.05) is 15.1 Å². The predicted molar refractivity (Wildman–Crippen MR) is 74.7 cm³/mol. The Bertz CT molecular complexity index is 587. The van der Waals surface area contributed by atoms with E-state index >= 15 is 0 Å². The molecule has 2 nitrogen and oxygen atoms in total. The van der Waals surface area contributed by atoms with E-state index in [2.05, 4.69) is 21.4 Å². The van der Waals surface area contributed by atoms with Gasteiger partial charge in [0.2, 0.25) is 0 Å². The second-order valence-electron chi connectivity index (χ2n) is 3.97. The quantitative estimate of drug-likeness (QED) is 0.652. The number of rotatable bonds is 3. The van der Waals surface area contributed by atoms with Crippen LogP contribution >= 0.6 is 27.5 Å². The summed E-state index contributed by atoms with van der Waals surface area (Å²) in [5.74, 6) is 4.39. The third kappa shape index (κ3) is 3.30. The maximum Gasteiger partial charge on any atom is 0.128 e. The number of nitrogens with two attached hydrogens (primary N) is 1. The van der Waals surface area contributed by atoms with Crippen LogP contribution in [0.4, 0.5) is 8.78 Å². The van der Waals surface area contributed by atoms with E-state index in [4.69, 9.17) is 17.4 Å². The van der Waals surface area contributed by atoms with E-state index in [1.807, 2.05) is 0 Å². The molecule has 0 aliphatic rings. The van der Waals surface area contributed by atoms with Crippen molar-refractivity contribution in [3.8, 4) is 0 Å². The minimum absolute atomic E-state index is 0.122. The fraction of sp³-hybridized carbons (Fsp3) is 0.0769. The van der Waals surface area contributed by atoms with E-state index in [1.54, 1.807) is 18.2 Å². The molecule has 0 saturated carbocycles. The first-order valence-electron chi connectivity index (χ1n) is 5.38. The lowest BCUT2D eigenvalue weighted by Crippen LogP contribution is -2.29. The molecule has 2 aromatic carbocycles. The predicted octanol–water partition coefficient (Wildman–Crippen LogP) is 3.93. The molecule has 19 heavy (non-hydrogen) atoms. The van der Waals surface area contributed by atoms with Crippen LogP contribution in [0.3, 0.4) is 0 Å². The van der Waals surface area contributed by atoms with Gasteiger partial charge in [-0.15, -0.1) is 0 Å². The molecule has 3 N–H and O–H groups in total. The number of benzene rings is 2. The fourth-order valence-corrected chi connectivity index (χ4v) is 2.73. The lowest BCUT2D eigenvalue weighted by Gasteiger charge is -2.18. The molecule has 0 aromatic heterocycles. The molecule has 0 saturated heterocycles. The SMILES string of the molecule is NNC(c1cc(Cl)cc(Br)c1)c1cc(F)ccc1F. The normalized spacial score (nSPS) is 12.5. The molecule has 2 aromatic rings. The monoisotopic (exact) mass is 346 g/mol. The van der Waals surface area contributed by atoms with Crippen LogP contribution in [0.5, 0.6) is 0 Å². The van der Waals surface area contributed by atoms with Crippen molar-refractivity contribution in [1.82, 2.24) is 5.43 Å². The van der Waals surface area contributed by atoms with Crippen molar-refractivity contribution >= 4 is 27.5 Å². The molecule has 0 spiro atoms. The molecule has 1 unspecified atom stereocenters. The van der Waals surface area contributed by atoms with Gasteiger partial charge in [0.05, 0.1) is 6.04 Å². The van der Waals surface area contributed by atoms with Gasteiger partial charge in [-0.2, -0.15) is 0 Å². The molecular formula is C13H10BrClF2N2. The van der Waals surface area contributed by atoms with E-state index in [1.165, 1.54) is 0 Å². The van der Waals surface area contributed by atoms with Crippen LogP contribution in [-0.2, 0) is 0 Å². The highest BCUT2D eigenvalue weighted by Gasteiger charge is 2.18. The van der Waals surface area contributed by atoms with Gasteiger partial charge in [-0.3, -0.25) is 5.84 Å². The molecule has 0 aliphatic heterocycles. The first-order valence-corrected chi connectivity index (χ1v) is 6.55. The van der Waals surface area contributed by atoms with E-state index in [0.717, 1.165) is 22.7 Å². The first kappa shape index (κ1) is 14.4. The second-order valence-corrected chi connectivity index (χ2v) is 5.32. The van der Waals surface area contributed by atoms with E-state index < -0.39 is 17.7 Å². The van der Waals surface area contributed by atoms with E-state index in [0.29, 0.717) is 10.6 Å². The van der Waals surface area contributed by atoms with Crippen molar-refractivity contribution in [3.05, 3.63) is 68.7 Å². The second kappa shape index (κ2) is 5.96. The molecule has 0 amide bonds. The summed E-state index contributed by atoms with van der Waals surface area (Å²) in [6.07, 6.45) is 0. The van der Waals surface area contributed by atoms with Crippen LogP contribution in [0.1, 0.15) is 17.2 Å². The van der Waals surface area contributed by atoms with Crippen LogP contribution in [-0.4, -0.2) is 0 Å². The molecule has 0 fully saturated rings. The van der Waals surface area contributed by atoms with Gasteiger partial charge in [-0.1, -0.05) is 27.5 Å². The zero-order valence-corrected chi connectivity index (χ0v) is 12.0. The highest BCUT2D eigenvalue weighted by Crippen LogP contribution is 2.29. The van der Waals surface area contributed by atoms with E-state index in [9.17, 15) is 8.78 Å². The average Bonchev–Trinajstić information content (AvgIpc) is 2.33. The summed E-state index contributed by atoms with van der Waals surface area (Å²) >= 11 is 9.24. The van der Waals surface area contributed by atoms with Gasteiger partial charge in [0.1, 0.15) is 11.6 Å². The van der Waals surface area contributed by atoms with Gasteiger partial charge in [0.25, 0.3) is 0 Å². The van der Waals surface area contributed by atoms with Crippen LogP contribution < -0.4 is 11.3 Å². The summed E-state index contributed by atoms with van der Waals surface area (Å²) < 4.78 is 27.8. The first-order chi connectivity index (χ1) is 9.01. The lowest BCUT2D eigenvalue weighted by atomic mass is 9.99.